The van der Waals surface area contributed by atoms with Gasteiger partial charge in [-0.2, -0.15) is 0 Å². The van der Waals surface area contributed by atoms with Crippen molar-refractivity contribution >= 4 is 11.3 Å². The van der Waals surface area contributed by atoms with E-state index in [0.717, 1.165) is 0 Å². The number of thiophene rings is 1. The standard InChI is InChI=1S/C28H35N3S/c1-25(2)17-9-10-18(29-17)26(3,4)20-12-14-22(31-20)28(7,8)24-16-15-23(32-24)27(5,6)21-13-11-19(25)30-21/h9-16,29-31H,1-8H3. The van der Waals surface area contributed by atoms with Crippen LogP contribution in [0.2, 0.25) is 0 Å². The van der Waals surface area contributed by atoms with E-state index in [1.807, 2.05) is 11.3 Å². The van der Waals surface area contributed by atoms with Crippen LogP contribution in [0.4, 0.5) is 0 Å². The van der Waals surface area contributed by atoms with E-state index >= 15 is 0 Å². The number of aromatic amines is 3. The number of aromatic nitrogens is 3. The summed E-state index contributed by atoms with van der Waals surface area (Å²) in [4.78, 5) is 14.1. The van der Waals surface area contributed by atoms with Gasteiger partial charge in [-0.05, 0) is 104 Å². The third kappa shape index (κ3) is 2.92. The van der Waals surface area contributed by atoms with Gasteiger partial charge in [-0.3, -0.25) is 0 Å². The van der Waals surface area contributed by atoms with E-state index < -0.39 is 0 Å². The Hall–Kier alpha value is -2.46. The van der Waals surface area contributed by atoms with Crippen molar-refractivity contribution in [2.24, 2.45) is 0 Å². The highest BCUT2D eigenvalue weighted by atomic mass is 32.1. The summed E-state index contributed by atoms with van der Waals surface area (Å²) in [6, 6.07) is 18.2. The number of rotatable bonds is 0. The van der Waals surface area contributed by atoms with Crippen molar-refractivity contribution < 1.29 is 0 Å². The molecule has 4 heteroatoms. The van der Waals surface area contributed by atoms with Crippen LogP contribution in [0.1, 0.15) is 99.3 Å². The van der Waals surface area contributed by atoms with Crippen molar-refractivity contribution in [2.45, 2.75) is 77.0 Å². The third-order valence-electron chi connectivity index (χ3n) is 7.94. The molecule has 5 heterocycles. The third-order valence-corrected chi connectivity index (χ3v) is 9.67. The van der Waals surface area contributed by atoms with Crippen molar-refractivity contribution in [3.63, 3.8) is 0 Å². The number of hydrogen-bond donors (Lipinski definition) is 3. The largest absolute Gasteiger partial charge is 0.361 e. The Bertz CT molecular complexity index is 1000. The number of nitrogens with one attached hydrogen (secondary N) is 3. The fraction of sp³-hybridized carbons (Fsp3) is 0.429. The molecule has 0 fully saturated rings. The Morgan fingerprint density at radius 3 is 0.938 bits per heavy atom. The second kappa shape index (κ2) is 6.54. The lowest BCUT2D eigenvalue weighted by Crippen LogP contribution is -2.25. The molecule has 0 saturated carbocycles. The van der Waals surface area contributed by atoms with Crippen molar-refractivity contribution in [1.29, 1.82) is 0 Å². The van der Waals surface area contributed by atoms with Crippen LogP contribution < -0.4 is 0 Å². The van der Waals surface area contributed by atoms with Crippen LogP contribution in [-0.4, -0.2) is 15.0 Å². The van der Waals surface area contributed by atoms with Crippen LogP contribution >= 0.6 is 11.3 Å². The van der Waals surface area contributed by atoms with Gasteiger partial charge in [0.05, 0.1) is 0 Å². The van der Waals surface area contributed by atoms with Gasteiger partial charge in [-0.15, -0.1) is 11.3 Å². The molecule has 0 radical (unpaired) electrons. The topological polar surface area (TPSA) is 47.4 Å². The predicted octanol–water partition coefficient (Wildman–Crippen LogP) is 7.35. The normalized spacial score (nSPS) is 20.2. The predicted molar refractivity (Wildman–Crippen MR) is 135 cm³/mol. The zero-order chi connectivity index (χ0) is 23.1. The Morgan fingerprint density at radius 1 is 0.406 bits per heavy atom. The van der Waals surface area contributed by atoms with Gasteiger partial charge in [0.1, 0.15) is 0 Å². The lowest BCUT2D eigenvalue weighted by atomic mass is 9.85. The fourth-order valence-electron chi connectivity index (χ4n) is 4.94. The van der Waals surface area contributed by atoms with Gasteiger partial charge in [-0.1, -0.05) is 0 Å². The molecule has 168 valence electrons. The Labute approximate surface area is 195 Å². The van der Waals surface area contributed by atoms with E-state index in [2.05, 4.69) is 119 Å². The van der Waals surface area contributed by atoms with E-state index in [9.17, 15) is 0 Å². The summed E-state index contributed by atoms with van der Waals surface area (Å²) in [6.07, 6.45) is 0. The molecule has 8 bridgehead atoms. The molecule has 0 spiro atoms. The molecule has 0 amide bonds. The molecule has 4 aromatic rings. The molecule has 0 aromatic carbocycles. The summed E-state index contributed by atoms with van der Waals surface area (Å²) < 4.78 is 0. The zero-order valence-corrected chi connectivity index (χ0v) is 21.3. The summed E-state index contributed by atoms with van der Waals surface area (Å²) in [5.41, 5.74) is 6.96. The molecule has 4 aromatic heterocycles. The molecule has 0 saturated heterocycles. The van der Waals surface area contributed by atoms with Crippen LogP contribution in [0.5, 0.6) is 0 Å². The number of fused-ring (bicyclic) bond motifs is 8. The highest BCUT2D eigenvalue weighted by molar-refractivity contribution is 7.12. The highest BCUT2D eigenvalue weighted by Crippen LogP contribution is 2.44. The first-order chi connectivity index (χ1) is 14.8. The van der Waals surface area contributed by atoms with E-state index in [4.69, 9.17) is 0 Å². The Balaban J connectivity index is 1.76. The van der Waals surface area contributed by atoms with Crippen molar-refractivity contribution in [3.8, 4) is 0 Å². The zero-order valence-electron chi connectivity index (χ0n) is 20.5. The van der Waals surface area contributed by atoms with Crippen LogP contribution in [0.15, 0.2) is 48.5 Å². The molecular weight excluding hydrogens is 410 g/mol. The molecule has 1 aliphatic rings. The van der Waals surface area contributed by atoms with Gasteiger partial charge >= 0.3 is 0 Å². The molecule has 32 heavy (non-hydrogen) atoms. The van der Waals surface area contributed by atoms with Gasteiger partial charge in [-0.25, -0.2) is 0 Å². The van der Waals surface area contributed by atoms with Crippen LogP contribution in [0.3, 0.4) is 0 Å². The van der Waals surface area contributed by atoms with Crippen LogP contribution in [0, 0.1) is 0 Å². The molecule has 0 atom stereocenters. The summed E-state index contributed by atoms with van der Waals surface area (Å²) >= 11 is 1.93. The van der Waals surface area contributed by atoms with E-state index in [1.165, 1.54) is 43.9 Å². The first-order valence-corrected chi connectivity index (χ1v) is 12.4. The SMILES string of the molecule is CC1(C)c2ccc([nH]2)C(C)(C)c2ccc([nH]2)C(C)(C)c2ccc(s2)C(C)(C)c2ccc1[nH]2. The second-order valence-electron chi connectivity index (χ2n) is 11.5. The molecule has 3 nitrogen and oxygen atoms in total. The minimum atomic E-state index is -0.150. The summed E-state index contributed by atoms with van der Waals surface area (Å²) in [6.45, 7) is 18.5. The summed E-state index contributed by atoms with van der Waals surface area (Å²) in [5, 5.41) is 0. The van der Waals surface area contributed by atoms with Gasteiger partial charge in [0.15, 0.2) is 0 Å². The lowest BCUT2D eigenvalue weighted by Gasteiger charge is -2.28. The van der Waals surface area contributed by atoms with Crippen molar-refractivity contribution in [1.82, 2.24) is 15.0 Å². The first kappa shape index (κ1) is 21.4. The van der Waals surface area contributed by atoms with Gasteiger partial charge < -0.3 is 15.0 Å². The minimum Gasteiger partial charge on any atom is -0.361 e. The maximum Gasteiger partial charge on any atom is 0.0447 e. The van der Waals surface area contributed by atoms with E-state index in [0.29, 0.717) is 0 Å². The van der Waals surface area contributed by atoms with Gasteiger partial charge in [0.25, 0.3) is 0 Å². The average Bonchev–Trinajstić information content (AvgIpc) is 3.53. The summed E-state index contributed by atoms with van der Waals surface area (Å²) in [5.74, 6) is 0. The van der Waals surface area contributed by atoms with Crippen LogP contribution in [-0.2, 0) is 21.7 Å². The fourth-order valence-corrected chi connectivity index (χ4v) is 6.18. The van der Waals surface area contributed by atoms with Crippen molar-refractivity contribution in [2.75, 3.05) is 0 Å². The highest BCUT2D eigenvalue weighted by Gasteiger charge is 2.36. The van der Waals surface area contributed by atoms with Crippen molar-refractivity contribution in [3.05, 3.63) is 92.4 Å². The molecule has 5 rings (SSSR count). The minimum absolute atomic E-state index is 0.0891. The molecule has 3 N–H and O–H groups in total. The van der Waals surface area contributed by atoms with Gasteiger partial charge in [0.2, 0.25) is 0 Å². The smallest absolute Gasteiger partial charge is 0.0447 e. The number of hydrogen-bond acceptors (Lipinski definition) is 1. The summed E-state index contributed by atoms with van der Waals surface area (Å²) in [7, 11) is 0. The molecular formula is C28H35N3S. The van der Waals surface area contributed by atoms with Gasteiger partial charge in [0, 0.05) is 65.6 Å². The lowest BCUT2D eigenvalue weighted by molar-refractivity contribution is 0.561. The first-order valence-electron chi connectivity index (χ1n) is 11.6. The Kier molecular flexibility index (Phi) is 4.37. The number of H-pyrrole nitrogens is 3. The molecule has 0 unspecified atom stereocenters. The average molecular weight is 446 g/mol. The van der Waals surface area contributed by atoms with E-state index in [-0.39, 0.29) is 21.7 Å². The monoisotopic (exact) mass is 445 g/mol. The Morgan fingerprint density at radius 2 is 0.656 bits per heavy atom. The maximum atomic E-state index is 3.80. The van der Waals surface area contributed by atoms with Crippen LogP contribution in [0.25, 0.3) is 0 Å². The maximum absolute atomic E-state index is 3.80. The molecule has 1 aliphatic heterocycles. The van der Waals surface area contributed by atoms with E-state index in [1.54, 1.807) is 0 Å². The molecule has 0 aliphatic carbocycles. The second-order valence-corrected chi connectivity index (χ2v) is 12.6. The quantitative estimate of drug-likeness (QED) is 0.253.